The van der Waals surface area contributed by atoms with Gasteiger partial charge in [0.1, 0.15) is 18.0 Å². The van der Waals surface area contributed by atoms with Crippen molar-refractivity contribution in [1.82, 2.24) is 4.98 Å². The molecule has 94 valence electrons. The summed E-state index contributed by atoms with van der Waals surface area (Å²) in [7, 11) is 0. The summed E-state index contributed by atoms with van der Waals surface area (Å²) < 4.78 is 0. The number of aliphatic hydroxyl groups is 2. The number of nitrogens with two attached hydrogens (primary N) is 1. The molecule has 0 aromatic carbocycles. The highest BCUT2D eigenvalue weighted by Crippen LogP contribution is 2.30. The summed E-state index contributed by atoms with van der Waals surface area (Å²) in [6, 6.07) is 0. The second-order valence-electron chi connectivity index (χ2n) is 3.41. The molecule has 7 nitrogen and oxygen atoms in total. The van der Waals surface area contributed by atoms with Gasteiger partial charge >= 0.3 is 5.69 Å². The summed E-state index contributed by atoms with van der Waals surface area (Å²) in [5.74, 6) is 0.153. The molecule has 0 saturated carbocycles. The molecule has 1 heterocycles. The predicted octanol–water partition coefficient (Wildman–Crippen LogP) is 0.595. The normalized spacial score (nSPS) is 14.3. The van der Waals surface area contributed by atoms with Gasteiger partial charge in [0.2, 0.25) is 0 Å². The van der Waals surface area contributed by atoms with Crippen molar-refractivity contribution < 1.29 is 15.1 Å². The molecule has 2 atom stereocenters. The standard InChI is InChI=1S/C9H12ClN3O4/c10-2-1-7(14)9(15)5-3-12-4-6(8(5)11)13(16)17/h3-4,7,9,14-15H,1-2H2,(H2,11,12). The Balaban J connectivity index is 3.06. The van der Waals surface area contributed by atoms with Crippen molar-refractivity contribution in [2.45, 2.75) is 18.6 Å². The van der Waals surface area contributed by atoms with Gasteiger partial charge in [-0.15, -0.1) is 11.6 Å². The number of anilines is 1. The van der Waals surface area contributed by atoms with Gasteiger partial charge in [-0.3, -0.25) is 15.1 Å². The molecule has 2 unspecified atom stereocenters. The van der Waals surface area contributed by atoms with Gasteiger partial charge in [0.15, 0.2) is 0 Å². The van der Waals surface area contributed by atoms with Crippen molar-refractivity contribution in [3.8, 4) is 0 Å². The fourth-order valence-corrected chi connectivity index (χ4v) is 1.56. The highest BCUT2D eigenvalue weighted by atomic mass is 35.5. The molecule has 1 aromatic rings. The van der Waals surface area contributed by atoms with Crippen molar-refractivity contribution in [3.63, 3.8) is 0 Å². The van der Waals surface area contributed by atoms with E-state index < -0.39 is 22.8 Å². The zero-order valence-electron chi connectivity index (χ0n) is 8.78. The van der Waals surface area contributed by atoms with Crippen molar-refractivity contribution in [1.29, 1.82) is 0 Å². The molecule has 1 aromatic heterocycles. The van der Waals surface area contributed by atoms with E-state index in [-0.39, 0.29) is 23.6 Å². The van der Waals surface area contributed by atoms with Crippen molar-refractivity contribution in [2.24, 2.45) is 0 Å². The van der Waals surface area contributed by atoms with Gasteiger partial charge in [0.05, 0.1) is 11.0 Å². The molecule has 0 fully saturated rings. The average Bonchev–Trinajstić information content (AvgIpc) is 2.28. The Kier molecular flexibility index (Phi) is 4.62. The van der Waals surface area contributed by atoms with E-state index in [1.54, 1.807) is 0 Å². The summed E-state index contributed by atoms with van der Waals surface area (Å²) in [5.41, 5.74) is 4.95. The molecule has 0 amide bonds. The number of nitrogen functional groups attached to an aromatic ring is 1. The van der Waals surface area contributed by atoms with Gasteiger partial charge in [-0.25, -0.2) is 0 Å². The van der Waals surface area contributed by atoms with E-state index >= 15 is 0 Å². The number of aromatic nitrogens is 1. The van der Waals surface area contributed by atoms with Gasteiger partial charge in [0, 0.05) is 17.6 Å². The lowest BCUT2D eigenvalue weighted by molar-refractivity contribution is -0.384. The maximum Gasteiger partial charge on any atom is 0.310 e. The molecule has 0 radical (unpaired) electrons. The Bertz CT molecular complexity index is 415. The number of aliphatic hydroxyl groups excluding tert-OH is 2. The number of halogens is 1. The number of pyridine rings is 1. The first kappa shape index (κ1) is 13.6. The summed E-state index contributed by atoms with van der Waals surface area (Å²) in [6.07, 6.45) is -0.172. The Morgan fingerprint density at radius 3 is 2.71 bits per heavy atom. The summed E-state index contributed by atoms with van der Waals surface area (Å²) in [5, 5.41) is 29.9. The van der Waals surface area contributed by atoms with E-state index in [2.05, 4.69) is 4.98 Å². The maximum atomic E-state index is 10.6. The molecule has 8 heteroatoms. The fourth-order valence-electron chi connectivity index (χ4n) is 1.33. The highest BCUT2D eigenvalue weighted by Gasteiger charge is 2.25. The minimum atomic E-state index is -1.35. The van der Waals surface area contributed by atoms with E-state index in [0.29, 0.717) is 0 Å². The maximum absolute atomic E-state index is 10.6. The van der Waals surface area contributed by atoms with Gasteiger partial charge < -0.3 is 15.9 Å². The second kappa shape index (κ2) is 5.76. The lowest BCUT2D eigenvalue weighted by atomic mass is 10.0. The quantitative estimate of drug-likeness (QED) is 0.405. The minimum Gasteiger partial charge on any atom is -0.393 e. The van der Waals surface area contributed by atoms with E-state index in [1.165, 1.54) is 6.20 Å². The topological polar surface area (TPSA) is 123 Å². The second-order valence-corrected chi connectivity index (χ2v) is 3.79. The third-order valence-corrected chi connectivity index (χ3v) is 2.50. The fraction of sp³-hybridized carbons (Fsp3) is 0.444. The molecule has 17 heavy (non-hydrogen) atoms. The third kappa shape index (κ3) is 3.02. The van der Waals surface area contributed by atoms with Crippen LogP contribution in [0.5, 0.6) is 0 Å². The first-order valence-corrected chi connectivity index (χ1v) is 5.32. The van der Waals surface area contributed by atoms with Crippen LogP contribution >= 0.6 is 11.6 Å². The zero-order valence-corrected chi connectivity index (χ0v) is 9.54. The Hall–Kier alpha value is -1.44. The average molecular weight is 262 g/mol. The van der Waals surface area contributed by atoms with Crippen LogP contribution < -0.4 is 5.73 Å². The number of hydrogen-bond donors (Lipinski definition) is 3. The molecule has 4 N–H and O–H groups in total. The summed E-state index contributed by atoms with van der Waals surface area (Å²) in [6.45, 7) is 0. The van der Waals surface area contributed by atoms with Crippen LogP contribution in [-0.4, -0.2) is 32.1 Å². The molecule has 0 spiro atoms. The molecule has 0 aliphatic carbocycles. The minimum absolute atomic E-state index is 0.0248. The van der Waals surface area contributed by atoms with Crippen LogP contribution in [-0.2, 0) is 0 Å². The Morgan fingerprint density at radius 2 is 2.18 bits per heavy atom. The Labute approximate surface area is 102 Å². The van der Waals surface area contributed by atoms with Crippen LogP contribution in [0.1, 0.15) is 18.1 Å². The zero-order chi connectivity index (χ0) is 13.0. The first-order valence-electron chi connectivity index (χ1n) is 4.79. The van der Waals surface area contributed by atoms with Crippen LogP contribution in [0.2, 0.25) is 0 Å². The van der Waals surface area contributed by atoms with Crippen LogP contribution in [0.3, 0.4) is 0 Å². The van der Waals surface area contributed by atoms with Gasteiger partial charge in [-0.2, -0.15) is 0 Å². The van der Waals surface area contributed by atoms with Crippen LogP contribution in [0.15, 0.2) is 12.4 Å². The lowest BCUT2D eigenvalue weighted by Crippen LogP contribution is -2.20. The molecule has 0 aliphatic rings. The third-order valence-electron chi connectivity index (χ3n) is 2.28. The van der Waals surface area contributed by atoms with E-state index in [4.69, 9.17) is 17.3 Å². The smallest absolute Gasteiger partial charge is 0.310 e. The van der Waals surface area contributed by atoms with Crippen molar-refractivity contribution in [3.05, 3.63) is 28.1 Å². The molecule has 1 rings (SSSR count). The number of rotatable bonds is 5. The SMILES string of the molecule is Nc1c(C(O)C(O)CCCl)cncc1[N+](=O)[O-]. The van der Waals surface area contributed by atoms with Crippen LogP contribution in [0, 0.1) is 10.1 Å². The Morgan fingerprint density at radius 1 is 1.53 bits per heavy atom. The van der Waals surface area contributed by atoms with Gasteiger partial charge in [-0.05, 0) is 6.42 Å². The molecular weight excluding hydrogens is 250 g/mol. The number of hydrogen-bond acceptors (Lipinski definition) is 6. The van der Waals surface area contributed by atoms with E-state index in [0.717, 1.165) is 6.20 Å². The van der Waals surface area contributed by atoms with Crippen molar-refractivity contribution >= 4 is 23.0 Å². The first-order chi connectivity index (χ1) is 7.99. The van der Waals surface area contributed by atoms with E-state index in [1.807, 2.05) is 0 Å². The van der Waals surface area contributed by atoms with Crippen LogP contribution in [0.4, 0.5) is 11.4 Å². The summed E-state index contributed by atoms with van der Waals surface area (Å²) >= 11 is 5.42. The molecular formula is C9H12ClN3O4. The predicted molar refractivity (Wildman–Crippen MR) is 61.6 cm³/mol. The molecule has 0 saturated heterocycles. The molecule has 0 aliphatic heterocycles. The van der Waals surface area contributed by atoms with Gasteiger partial charge in [0.25, 0.3) is 0 Å². The highest BCUT2D eigenvalue weighted by molar-refractivity contribution is 6.17. The largest absolute Gasteiger partial charge is 0.393 e. The van der Waals surface area contributed by atoms with Gasteiger partial charge in [-0.1, -0.05) is 0 Å². The van der Waals surface area contributed by atoms with E-state index in [9.17, 15) is 20.3 Å². The lowest BCUT2D eigenvalue weighted by Gasteiger charge is -2.18. The monoisotopic (exact) mass is 261 g/mol. The number of nitrogens with zero attached hydrogens (tertiary/aromatic N) is 2. The number of alkyl halides is 1. The molecule has 0 bridgehead atoms. The summed E-state index contributed by atoms with van der Waals surface area (Å²) in [4.78, 5) is 13.5. The van der Waals surface area contributed by atoms with Crippen molar-refractivity contribution in [2.75, 3.05) is 11.6 Å². The van der Waals surface area contributed by atoms with Crippen LogP contribution in [0.25, 0.3) is 0 Å². The number of nitro groups is 1.